The molecule has 146 valence electrons. The number of hydrogen-bond acceptors (Lipinski definition) is 7. The van der Waals surface area contributed by atoms with Crippen molar-refractivity contribution in [3.8, 4) is 0 Å². The van der Waals surface area contributed by atoms with Crippen LogP contribution >= 0.6 is 22.9 Å². The molecule has 0 atom stereocenters. The van der Waals surface area contributed by atoms with Crippen molar-refractivity contribution in [1.29, 1.82) is 0 Å². The second-order valence-corrected chi connectivity index (χ2v) is 9.47. The van der Waals surface area contributed by atoms with E-state index in [1.165, 1.54) is 27.8 Å². The number of carbonyl (C=O) groups is 1. The maximum absolute atomic E-state index is 12.7. The standard InChI is InChI=1S/C16H20ClN5O3S2/c1-2-15-19-20-16(26-15)18-14(23)11-21-7-9-22(10-8-21)27(24,25)13-5-3-12(17)4-6-13/h3-6H,2,7-11H2,1H3,(H,18,20,23). The van der Waals surface area contributed by atoms with Crippen LogP contribution in [0.15, 0.2) is 29.2 Å². The van der Waals surface area contributed by atoms with E-state index < -0.39 is 10.0 Å². The fourth-order valence-corrected chi connectivity index (χ4v) is 4.94. The largest absolute Gasteiger partial charge is 0.299 e. The molecule has 0 spiro atoms. The first-order chi connectivity index (χ1) is 12.9. The highest BCUT2D eigenvalue weighted by molar-refractivity contribution is 7.89. The number of nitrogens with one attached hydrogen (secondary N) is 1. The second-order valence-electron chi connectivity index (χ2n) is 6.04. The number of nitrogens with zero attached hydrogens (tertiary/aromatic N) is 4. The molecule has 1 aromatic heterocycles. The quantitative estimate of drug-likeness (QED) is 0.750. The van der Waals surface area contributed by atoms with Gasteiger partial charge in [-0.2, -0.15) is 4.31 Å². The monoisotopic (exact) mass is 429 g/mol. The van der Waals surface area contributed by atoms with Gasteiger partial charge in [0.05, 0.1) is 11.4 Å². The van der Waals surface area contributed by atoms with Crippen LogP contribution in [0.2, 0.25) is 5.02 Å². The number of aromatic nitrogens is 2. The predicted octanol–water partition coefficient (Wildman–Crippen LogP) is 1.70. The first-order valence-electron chi connectivity index (χ1n) is 8.49. The van der Waals surface area contributed by atoms with Crippen molar-refractivity contribution in [1.82, 2.24) is 19.4 Å². The van der Waals surface area contributed by atoms with Crippen LogP contribution in [0.5, 0.6) is 0 Å². The number of amides is 1. The highest BCUT2D eigenvalue weighted by Crippen LogP contribution is 2.20. The van der Waals surface area contributed by atoms with E-state index in [1.807, 2.05) is 11.8 Å². The Morgan fingerprint density at radius 3 is 2.44 bits per heavy atom. The maximum atomic E-state index is 12.7. The Morgan fingerprint density at radius 1 is 1.19 bits per heavy atom. The lowest BCUT2D eigenvalue weighted by molar-refractivity contribution is -0.117. The molecule has 1 saturated heterocycles. The molecule has 27 heavy (non-hydrogen) atoms. The van der Waals surface area contributed by atoms with E-state index in [-0.39, 0.29) is 17.3 Å². The summed E-state index contributed by atoms with van der Waals surface area (Å²) in [4.78, 5) is 14.3. The Morgan fingerprint density at radius 2 is 1.85 bits per heavy atom. The summed E-state index contributed by atoms with van der Waals surface area (Å²) in [6, 6.07) is 6.13. The van der Waals surface area contributed by atoms with Gasteiger partial charge in [-0.15, -0.1) is 10.2 Å². The Labute approximate surface area is 167 Å². The number of anilines is 1. The molecule has 1 aromatic carbocycles. The third-order valence-corrected chi connectivity index (χ3v) is 7.31. The lowest BCUT2D eigenvalue weighted by Gasteiger charge is -2.33. The number of hydrogen-bond donors (Lipinski definition) is 1. The fourth-order valence-electron chi connectivity index (χ4n) is 2.69. The number of rotatable bonds is 6. The van der Waals surface area contributed by atoms with Gasteiger partial charge in [0.25, 0.3) is 0 Å². The maximum Gasteiger partial charge on any atom is 0.243 e. The number of sulfonamides is 1. The molecule has 1 N–H and O–H groups in total. The smallest absolute Gasteiger partial charge is 0.243 e. The summed E-state index contributed by atoms with van der Waals surface area (Å²) >= 11 is 7.18. The number of aryl methyl sites for hydroxylation is 1. The van der Waals surface area contributed by atoms with Crippen LogP contribution in [0.3, 0.4) is 0 Å². The van der Waals surface area contributed by atoms with Gasteiger partial charge < -0.3 is 0 Å². The number of halogens is 1. The van der Waals surface area contributed by atoms with E-state index >= 15 is 0 Å². The summed E-state index contributed by atoms with van der Waals surface area (Å²) in [6.07, 6.45) is 0.775. The van der Waals surface area contributed by atoms with E-state index in [9.17, 15) is 13.2 Å². The van der Waals surface area contributed by atoms with Crippen LogP contribution in [0.1, 0.15) is 11.9 Å². The lowest BCUT2D eigenvalue weighted by atomic mass is 10.3. The second kappa shape index (κ2) is 8.61. The van der Waals surface area contributed by atoms with Crippen LogP contribution in [0.25, 0.3) is 0 Å². The molecule has 0 radical (unpaired) electrons. The summed E-state index contributed by atoms with van der Waals surface area (Å²) in [6.45, 7) is 3.79. The summed E-state index contributed by atoms with van der Waals surface area (Å²) in [5, 5.41) is 12.5. The summed E-state index contributed by atoms with van der Waals surface area (Å²) in [5.41, 5.74) is 0. The van der Waals surface area contributed by atoms with Crippen LogP contribution in [-0.2, 0) is 21.2 Å². The van der Waals surface area contributed by atoms with Crippen LogP contribution in [0, 0.1) is 0 Å². The van der Waals surface area contributed by atoms with Crippen molar-refractivity contribution in [2.24, 2.45) is 0 Å². The van der Waals surface area contributed by atoms with Gasteiger partial charge in [0.15, 0.2) is 0 Å². The van der Waals surface area contributed by atoms with E-state index in [4.69, 9.17) is 11.6 Å². The van der Waals surface area contributed by atoms with Crippen molar-refractivity contribution in [2.75, 3.05) is 38.0 Å². The molecule has 8 nitrogen and oxygen atoms in total. The molecule has 1 aliphatic heterocycles. The molecule has 1 amide bonds. The van der Waals surface area contributed by atoms with Crippen molar-refractivity contribution in [3.63, 3.8) is 0 Å². The van der Waals surface area contributed by atoms with Gasteiger partial charge in [-0.25, -0.2) is 8.42 Å². The van der Waals surface area contributed by atoms with Gasteiger partial charge in [-0.05, 0) is 30.7 Å². The highest BCUT2D eigenvalue weighted by Gasteiger charge is 2.29. The zero-order valence-corrected chi connectivity index (χ0v) is 17.1. The molecular formula is C16H20ClN5O3S2. The SMILES string of the molecule is CCc1nnc(NC(=O)CN2CCN(S(=O)(=O)c3ccc(Cl)cc3)CC2)s1. The molecule has 2 aromatic rings. The Kier molecular flexibility index (Phi) is 6.43. The minimum atomic E-state index is -3.55. The van der Waals surface area contributed by atoms with Crippen molar-refractivity contribution in [3.05, 3.63) is 34.3 Å². The Hall–Kier alpha value is -1.59. The van der Waals surface area contributed by atoms with E-state index in [1.54, 1.807) is 12.1 Å². The first-order valence-corrected chi connectivity index (χ1v) is 11.1. The van der Waals surface area contributed by atoms with Crippen LogP contribution in [-0.4, -0.2) is 66.5 Å². The molecule has 1 fully saturated rings. The molecular weight excluding hydrogens is 410 g/mol. The fraction of sp³-hybridized carbons (Fsp3) is 0.438. The highest BCUT2D eigenvalue weighted by atomic mass is 35.5. The van der Waals surface area contributed by atoms with Gasteiger partial charge in [0, 0.05) is 31.2 Å². The first kappa shape index (κ1) is 20.2. The van der Waals surface area contributed by atoms with Gasteiger partial charge in [-0.1, -0.05) is 29.9 Å². The van der Waals surface area contributed by atoms with E-state index in [0.717, 1.165) is 11.4 Å². The topological polar surface area (TPSA) is 95.5 Å². The Balaban J connectivity index is 1.52. The zero-order chi connectivity index (χ0) is 19.4. The van der Waals surface area contributed by atoms with Crippen LogP contribution < -0.4 is 5.32 Å². The molecule has 11 heteroatoms. The Bertz CT molecular complexity index is 893. The molecule has 0 saturated carbocycles. The van der Waals surface area contributed by atoms with Gasteiger partial charge in [0.1, 0.15) is 5.01 Å². The molecule has 0 unspecified atom stereocenters. The van der Waals surface area contributed by atoms with Crippen molar-refractivity contribution >= 4 is 44.0 Å². The minimum Gasteiger partial charge on any atom is -0.299 e. The summed E-state index contributed by atoms with van der Waals surface area (Å²) in [7, 11) is -3.55. The van der Waals surface area contributed by atoms with Crippen molar-refractivity contribution in [2.45, 2.75) is 18.2 Å². The molecule has 3 rings (SSSR count). The minimum absolute atomic E-state index is 0.178. The van der Waals surface area contributed by atoms with Gasteiger partial charge >= 0.3 is 0 Å². The summed E-state index contributed by atoms with van der Waals surface area (Å²) < 4.78 is 26.8. The normalized spacial score (nSPS) is 16.4. The van der Waals surface area contributed by atoms with Gasteiger partial charge in [0.2, 0.25) is 21.1 Å². The predicted molar refractivity (Wildman–Crippen MR) is 105 cm³/mol. The molecule has 0 bridgehead atoms. The molecule has 2 heterocycles. The molecule has 0 aliphatic carbocycles. The van der Waals surface area contributed by atoms with Crippen molar-refractivity contribution < 1.29 is 13.2 Å². The number of piperazine rings is 1. The van der Waals surface area contributed by atoms with E-state index in [2.05, 4.69) is 15.5 Å². The number of carbonyl (C=O) groups excluding carboxylic acids is 1. The third kappa shape index (κ3) is 5.02. The average molecular weight is 430 g/mol. The van der Waals surface area contributed by atoms with Crippen LogP contribution in [0.4, 0.5) is 5.13 Å². The van der Waals surface area contributed by atoms with Gasteiger partial charge in [-0.3, -0.25) is 15.0 Å². The zero-order valence-electron chi connectivity index (χ0n) is 14.8. The number of benzene rings is 1. The lowest BCUT2D eigenvalue weighted by Crippen LogP contribution is -2.50. The average Bonchev–Trinajstić information content (AvgIpc) is 3.10. The van der Waals surface area contributed by atoms with E-state index in [0.29, 0.717) is 36.3 Å². The third-order valence-electron chi connectivity index (χ3n) is 4.17. The summed E-state index contributed by atoms with van der Waals surface area (Å²) in [5.74, 6) is -0.178. The molecule has 1 aliphatic rings.